The van der Waals surface area contributed by atoms with Crippen molar-refractivity contribution < 1.29 is 13.6 Å². The summed E-state index contributed by atoms with van der Waals surface area (Å²) in [7, 11) is -3.31. The second-order valence-electron chi connectivity index (χ2n) is 4.20. The smallest absolute Gasteiger partial charge is 0.212 e. The van der Waals surface area contributed by atoms with E-state index >= 15 is 0 Å². The molecular weight excluding hydrogens is 230 g/mol. The minimum Gasteiger partial charge on any atom is -0.409 e. The number of nitrogens with two attached hydrogens (primary N) is 1. The SMILES string of the molecule is N/C(CNS(=O)(=O)CC1CCCCC1)=N/O. The summed E-state index contributed by atoms with van der Waals surface area (Å²) in [6.07, 6.45) is 5.38. The molecule has 0 heterocycles. The highest BCUT2D eigenvalue weighted by atomic mass is 32.2. The van der Waals surface area contributed by atoms with E-state index in [0.29, 0.717) is 0 Å². The molecule has 4 N–H and O–H groups in total. The van der Waals surface area contributed by atoms with E-state index in [4.69, 9.17) is 10.9 Å². The van der Waals surface area contributed by atoms with Crippen molar-refractivity contribution in [3.05, 3.63) is 0 Å². The molecule has 0 spiro atoms. The number of rotatable bonds is 5. The molecule has 0 atom stereocenters. The first kappa shape index (κ1) is 13.2. The van der Waals surface area contributed by atoms with Crippen LogP contribution in [0.25, 0.3) is 0 Å². The minimum absolute atomic E-state index is 0.132. The molecule has 0 aromatic carbocycles. The largest absolute Gasteiger partial charge is 0.409 e. The maximum Gasteiger partial charge on any atom is 0.212 e. The number of sulfonamides is 1. The Hall–Kier alpha value is -0.820. The molecule has 0 unspecified atom stereocenters. The third-order valence-electron chi connectivity index (χ3n) is 2.78. The van der Waals surface area contributed by atoms with Crippen LogP contribution in [0.3, 0.4) is 0 Å². The van der Waals surface area contributed by atoms with Crippen molar-refractivity contribution in [2.45, 2.75) is 32.1 Å². The van der Waals surface area contributed by atoms with Crippen LogP contribution in [-0.4, -0.2) is 31.8 Å². The van der Waals surface area contributed by atoms with Gasteiger partial charge in [0.05, 0.1) is 12.3 Å². The van der Waals surface area contributed by atoms with Gasteiger partial charge in [0.2, 0.25) is 10.0 Å². The van der Waals surface area contributed by atoms with Gasteiger partial charge in [-0.1, -0.05) is 24.4 Å². The number of nitrogens with zero attached hydrogens (tertiary/aromatic N) is 1. The molecule has 94 valence electrons. The predicted octanol–water partition coefficient (Wildman–Crippen LogP) is 0.232. The third kappa shape index (κ3) is 4.80. The zero-order valence-electron chi connectivity index (χ0n) is 9.22. The van der Waals surface area contributed by atoms with Crippen molar-refractivity contribution in [2.24, 2.45) is 16.8 Å². The van der Waals surface area contributed by atoms with Gasteiger partial charge >= 0.3 is 0 Å². The zero-order valence-corrected chi connectivity index (χ0v) is 10.0. The van der Waals surface area contributed by atoms with Crippen molar-refractivity contribution in [2.75, 3.05) is 12.3 Å². The van der Waals surface area contributed by atoms with Crippen LogP contribution >= 0.6 is 0 Å². The first-order chi connectivity index (χ1) is 7.53. The molecule has 0 aliphatic heterocycles. The molecule has 0 bridgehead atoms. The van der Waals surface area contributed by atoms with Gasteiger partial charge in [0, 0.05) is 0 Å². The van der Waals surface area contributed by atoms with Gasteiger partial charge < -0.3 is 10.9 Å². The lowest BCUT2D eigenvalue weighted by atomic mass is 9.91. The van der Waals surface area contributed by atoms with Crippen LogP contribution in [0, 0.1) is 5.92 Å². The lowest BCUT2D eigenvalue weighted by molar-refractivity contribution is 0.317. The van der Waals surface area contributed by atoms with E-state index < -0.39 is 10.0 Å². The van der Waals surface area contributed by atoms with Crippen LogP contribution in [0.4, 0.5) is 0 Å². The summed E-state index contributed by atoms with van der Waals surface area (Å²) in [6, 6.07) is 0. The van der Waals surface area contributed by atoms with Crippen molar-refractivity contribution in [3.8, 4) is 0 Å². The van der Waals surface area contributed by atoms with E-state index in [1.807, 2.05) is 0 Å². The van der Waals surface area contributed by atoms with Gasteiger partial charge in [-0.3, -0.25) is 0 Å². The van der Waals surface area contributed by atoms with Crippen molar-refractivity contribution in [1.82, 2.24) is 4.72 Å². The Morgan fingerprint density at radius 3 is 2.56 bits per heavy atom. The molecule has 7 heteroatoms. The van der Waals surface area contributed by atoms with E-state index in [2.05, 4.69) is 9.88 Å². The molecule has 1 fully saturated rings. The summed E-state index contributed by atoms with van der Waals surface area (Å²) >= 11 is 0. The van der Waals surface area contributed by atoms with Crippen LogP contribution in [0.5, 0.6) is 0 Å². The van der Waals surface area contributed by atoms with Crippen LogP contribution < -0.4 is 10.5 Å². The second kappa shape index (κ2) is 6.05. The molecule has 0 radical (unpaired) electrons. The molecule has 0 aromatic heterocycles. The van der Waals surface area contributed by atoms with Gasteiger partial charge in [-0.2, -0.15) is 0 Å². The van der Waals surface area contributed by atoms with Crippen molar-refractivity contribution in [1.29, 1.82) is 0 Å². The summed E-state index contributed by atoms with van der Waals surface area (Å²) in [5.74, 6) is 0.261. The Morgan fingerprint density at radius 1 is 1.38 bits per heavy atom. The van der Waals surface area contributed by atoms with E-state index in [-0.39, 0.29) is 24.1 Å². The van der Waals surface area contributed by atoms with Crippen LogP contribution in [0.2, 0.25) is 0 Å². The number of amidine groups is 1. The molecule has 1 aliphatic rings. The molecule has 1 rings (SSSR count). The molecule has 1 aliphatic carbocycles. The molecule has 16 heavy (non-hydrogen) atoms. The van der Waals surface area contributed by atoms with Crippen molar-refractivity contribution >= 4 is 15.9 Å². The van der Waals surface area contributed by atoms with Crippen LogP contribution in [0.15, 0.2) is 5.16 Å². The predicted molar refractivity (Wildman–Crippen MR) is 61.8 cm³/mol. The average Bonchev–Trinajstić information content (AvgIpc) is 2.27. The van der Waals surface area contributed by atoms with Crippen LogP contribution in [0.1, 0.15) is 32.1 Å². The maximum atomic E-state index is 11.6. The molecule has 0 aromatic rings. The lowest BCUT2D eigenvalue weighted by Crippen LogP contribution is -2.36. The molecule has 1 saturated carbocycles. The first-order valence-corrected chi connectivity index (χ1v) is 7.12. The van der Waals surface area contributed by atoms with Gasteiger partial charge in [0.1, 0.15) is 0 Å². The van der Waals surface area contributed by atoms with Crippen molar-refractivity contribution in [3.63, 3.8) is 0 Å². The Labute approximate surface area is 95.9 Å². The number of hydrogen-bond donors (Lipinski definition) is 3. The van der Waals surface area contributed by atoms with Gasteiger partial charge in [-0.25, -0.2) is 13.1 Å². The fourth-order valence-corrected chi connectivity index (χ4v) is 3.38. The Morgan fingerprint density at radius 2 is 2.00 bits per heavy atom. The normalized spacial score (nSPS) is 19.9. The lowest BCUT2D eigenvalue weighted by Gasteiger charge is -2.21. The molecule has 6 nitrogen and oxygen atoms in total. The fraction of sp³-hybridized carbons (Fsp3) is 0.889. The highest BCUT2D eigenvalue weighted by Gasteiger charge is 2.21. The molecule has 0 saturated heterocycles. The highest BCUT2D eigenvalue weighted by molar-refractivity contribution is 7.89. The average molecular weight is 249 g/mol. The summed E-state index contributed by atoms with van der Waals surface area (Å²) < 4.78 is 25.5. The number of oxime groups is 1. The Balaban J connectivity index is 2.38. The topological polar surface area (TPSA) is 105 Å². The molecule has 0 amide bonds. The van der Waals surface area contributed by atoms with Gasteiger partial charge in [0.15, 0.2) is 5.84 Å². The first-order valence-electron chi connectivity index (χ1n) is 5.47. The second-order valence-corrected chi connectivity index (χ2v) is 6.05. The Bertz CT molecular complexity index is 334. The van der Waals surface area contributed by atoms with Crippen LogP contribution in [-0.2, 0) is 10.0 Å². The minimum atomic E-state index is -3.31. The Kier molecular flexibility index (Phi) is 5.01. The zero-order chi connectivity index (χ0) is 12.0. The summed E-state index contributed by atoms with van der Waals surface area (Å²) in [5.41, 5.74) is 5.19. The fourth-order valence-electron chi connectivity index (χ4n) is 1.94. The van der Waals surface area contributed by atoms with Gasteiger partial charge in [0.25, 0.3) is 0 Å². The third-order valence-corrected chi connectivity index (χ3v) is 4.28. The number of hydrogen-bond acceptors (Lipinski definition) is 4. The quantitative estimate of drug-likeness (QED) is 0.281. The van der Waals surface area contributed by atoms with E-state index in [0.717, 1.165) is 25.7 Å². The van der Waals surface area contributed by atoms with E-state index in [1.54, 1.807) is 0 Å². The highest BCUT2D eigenvalue weighted by Crippen LogP contribution is 2.24. The van der Waals surface area contributed by atoms with Gasteiger partial charge in [-0.05, 0) is 18.8 Å². The summed E-state index contributed by atoms with van der Waals surface area (Å²) in [6.45, 7) is -0.133. The summed E-state index contributed by atoms with van der Waals surface area (Å²) in [5, 5.41) is 11.0. The summed E-state index contributed by atoms with van der Waals surface area (Å²) in [4.78, 5) is 0. The monoisotopic (exact) mass is 249 g/mol. The van der Waals surface area contributed by atoms with E-state index in [1.165, 1.54) is 6.42 Å². The van der Waals surface area contributed by atoms with Gasteiger partial charge in [-0.15, -0.1) is 0 Å². The number of nitrogens with one attached hydrogen (secondary N) is 1. The van der Waals surface area contributed by atoms with E-state index in [9.17, 15) is 8.42 Å². The maximum absolute atomic E-state index is 11.6. The molecular formula is C9H19N3O3S. The standard InChI is InChI=1S/C9H19N3O3S/c10-9(12-13)6-11-16(14,15)7-8-4-2-1-3-5-8/h8,11,13H,1-7H2,(H2,10,12).